The molecule has 0 aromatic carbocycles. The Morgan fingerprint density at radius 2 is 2.06 bits per heavy atom. The van der Waals surface area contributed by atoms with Gasteiger partial charge in [-0.3, -0.25) is 0 Å². The summed E-state index contributed by atoms with van der Waals surface area (Å²) in [5, 5.41) is 3.68. The van der Waals surface area contributed by atoms with Crippen LogP contribution < -0.4 is 5.32 Å². The van der Waals surface area contributed by atoms with Crippen molar-refractivity contribution in [2.24, 2.45) is 5.92 Å². The van der Waals surface area contributed by atoms with E-state index in [-0.39, 0.29) is 0 Å². The van der Waals surface area contributed by atoms with E-state index >= 15 is 0 Å². The zero-order valence-electron chi connectivity index (χ0n) is 12.2. The molecule has 2 nitrogen and oxygen atoms in total. The molecule has 3 atom stereocenters. The van der Waals surface area contributed by atoms with Gasteiger partial charge in [0.1, 0.15) is 0 Å². The lowest BCUT2D eigenvalue weighted by Crippen LogP contribution is -2.32. The molecule has 0 saturated carbocycles. The van der Waals surface area contributed by atoms with Crippen LogP contribution in [0.3, 0.4) is 0 Å². The van der Waals surface area contributed by atoms with Crippen molar-refractivity contribution in [1.82, 2.24) is 5.32 Å². The van der Waals surface area contributed by atoms with Gasteiger partial charge < -0.3 is 10.1 Å². The third-order valence-corrected chi connectivity index (χ3v) is 3.60. The van der Waals surface area contributed by atoms with Crippen molar-refractivity contribution in [1.29, 1.82) is 0 Å². The Morgan fingerprint density at radius 3 is 2.59 bits per heavy atom. The topological polar surface area (TPSA) is 21.3 Å². The van der Waals surface area contributed by atoms with Crippen molar-refractivity contribution in [3.05, 3.63) is 0 Å². The molecule has 0 bridgehead atoms. The maximum atomic E-state index is 5.89. The van der Waals surface area contributed by atoms with Crippen molar-refractivity contribution < 1.29 is 4.74 Å². The minimum atomic E-state index is 0.493. The number of hydrogen-bond acceptors (Lipinski definition) is 2. The van der Waals surface area contributed by atoms with Crippen LogP contribution in [0.15, 0.2) is 0 Å². The molecule has 0 aromatic rings. The lowest BCUT2D eigenvalue weighted by Gasteiger charge is -2.22. The lowest BCUT2D eigenvalue weighted by atomic mass is 9.97. The summed E-state index contributed by atoms with van der Waals surface area (Å²) in [4.78, 5) is 0. The van der Waals surface area contributed by atoms with Gasteiger partial charge in [-0.25, -0.2) is 0 Å². The highest BCUT2D eigenvalue weighted by Gasteiger charge is 2.22. The van der Waals surface area contributed by atoms with E-state index < -0.39 is 0 Å². The molecule has 1 heterocycles. The Hall–Kier alpha value is -0.0800. The second-order valence-electron chi connectivity index (χ2n) is 6.00. The summed E-state index contributed by atoms with van der Waals surface area (Å²) in [6, 6.07) is 0.689. The first-order chi connectivity index (χ1) is 8.11. The molecule has 1 rings (SSSR count). The molecular weight excluding hydrogens is 210 g/mol. The third kappa shape index (κ3) is 6.42. The SMILES string of the molecule is CCCNC(CCC1CCC(C)O1)CC(C)C. The molecule has 1 aliphatic heterocycles. The second-order valence-corrected chi connectivity index (χ2v) is 6.00. The molecule has 1 saturated heterocycles. The number of hydrogen-bond donors (Lipinski definition) is 1. The summed E-state index contributed by atoms with van der Waals surface area (Å²) in [5.41, 5.74) is 0. The molecular formula is C15H31NO. The van der Waals surface area contributed by atoms with Crippen LogP contribution in [0.4, 0.5) is 0 Å². The van der Waals surface area contributed by atoms with Crippen LogP contribution in [0.1, 0.15) is 66.2 Å². The zero-order chi connectivity index (χ0) is 12.7. The summed E-state index contributed by atoms with van der Waals surface area (Å²) >= 11 is 0. The largest absolute Gasteiger partial charge is 0.375 e. The van der Waals surface area contributed by atoms with Crippen LogP contribution in [0.5, 0.6) is 0 Å². The molecule has 1 aliphatic rings. The van der Waals surface area contributed by atoms with E-state index in [0.717, 1.165) is 12.5 Å². The van der Waals surface area contributed by atoms with Crippen molar-refractivity contribution in [3.63, 3.8) is 0 Å². The predicted molar refractivity (Wildman–Crippen MR) is 74.3 cm³/mol. The normalized spacial score (nSPS) is 26.6. The van der Waals surface area contributed by atoms with E-state index in [4.69, 9.17) is 4.74 Å². The van der Waals surface area contributed by atoms with Gasteiger partial charge in [-0.2, -0.15) is 0 Å². The van der Waals surface area contributed by atoms with E-state index in [1.165, 1.54) is 38.5 Å². The molecule has 17 heavy (non-hydrogen) atoms. The van der Waals surface area contributed by atoms with Crippen LogP contribution in [0.2, 0.25) is 0 Å². The van der Waals surface area contributed by atoms with Gasteiger partial charge in [-0.15, -0.1) is 0 Å². The van der Waals surface area contributed by atoms with Gasteiger partial charge in [0.25, 0.3) is 0 Å². The Labute approximate surface area is 108 Å². The molecule has 0 spiro atoms. The van der Waals surface area contributed by atoms with Crippen LogP contribution in [-0.2, 0) is 4.74 Å². The van der Waals surface area contributed by atoms with E-state index in [1.54, 1.807) is 0 Å². The predicted octanol–water partition coefficient (Wildman–Crippen LogP) is 3.75. The first kappa shape index (κ1) is 15.0. The first-order valence-corrected chi connectivity index (χ1v) is 7.50. The minimum absolute atomic E-state index is 0.493. The highest BCUT2D eigenvalue weighted by Crippen LogP contribution is 2.24. The fraction of sp³-hybridized carbons (Fsp3) is 1.00. The summed E-state index contributed by atoms with van der Waals surface area (Å²) in [7, 11) is 0. The van der Waals surface area contributed by atoms with Crippen molar-refractivity contribution in [2.45, 2.75) is 84.5 Å². The average Bonchev–Trinajstić information content (AvgIpc) is 2.68. The van der Waals surface area contributed by atoms with E-state index in [9.17, 15) is 0 Å². The Balaban J connectivity index is 2.22. The van der Waals surface area contributed by atoms with Gasteiger partial charge in [-0.1, -0.05) is 20.8 Å². The molecule has 3 unspecified atom stereocenters. The van der Waals surface area contributed by atoms with E-state index in [2.05, 4.69) is 33.0 Å². The van der Waals surface area contributed by atoms with Crippen molar-refractivity contribution in [3.8, 4) is 0 Å². The summed E-state index contributed by atoms with van der Waals surface area (Å²) in [6.45, 7) is 10.2. The average molecular weight is 241 g/mol. The van der Waals surface area contributed by atoms with Crippen LogP contribution >= 0.6 is 0 Å². The molecule has 0 aromatic heterocycles. The summed E-state index contributed by atoms with van der Waals surface area (Å²) < 4.78 is 5.89. The van der Waals surface area contributed by atoms with E-state index in [1.807, 2.05) is 0 Å². The Kier molecular flexibility index (Phi) is 7.14. The van der Waals surface area contributed by atoms with Crippen LogP contribution in [-0.4, -0.2) is 24.8 Å². The van der Waals surface area contributed by atoms with Crippen molar-refractivity contribution in [2.75, 3.05) is 6.54 Å². The van der Waals surface area contributed by atoms with Crippen LogP contribution in [0, 0.1) is 5.92 Å². The van der Waals surface area contributed by atoms with Gasteiger partial charge in [0, 0.05) is 6.04 Å². The van der Waals surface area contributed by atoms with E-state index in [0.29, 0.717) is 18.2 Å². The molecule has 0 amide bonds. The Morgan fingerprint density at radius 1 is 1.29 bits per heavy atom. The fourth-order valence-electron chi connectivity index (χ4n) is 2.71. The third-order valence-electron chi connectivity index (χ3n) is 3.60. The highest BCUT2D eigenvalue weighted by atomic mass is 16.5. The van der Waals surface area contributed by atoms with Crippen LogP contribution in [0.25, 0.3) is 0 Å². The first-order valence-electron chi connectivity index (χ1n) is 7.50. The summed E-state index contributed by atoms with van der Waals surface area (Å²) in [5.74, 6) is 0.785. The fourth-order valence-corrected chi connectivity index (χ4v) is 2.71. The Bertz CT molecular complexity index is 193. The highest BCUT2D eigenvalue weighted by molar-refractivity contribution is 4.75. The zero-order valence-corrected chi connectivity index (χ0v) is 12.2. The standard InChI is InChI=1S/C15H31NO/c1-5-10-16-14(11-12(2)3)7-9-15-8-6-13(4)17-15/h12-16H,5-11H2,1-4H3. The molecule has 102 valence electrons. The number of rotatable bonds is 8. The van der Waals surface area contributed by atoms with Gasteiger partial charge in [0.15, 0.2) is 0 Å². The number of nitrogens with one attached hydrogen (secondary N) is 1. The van der Waals surface area contributed by atoms with Gasteiger partial charge in [0.05, 0.1) is 12.2 Å². The smallest absolute Gasteiger partial charge is 0.0580 e. The molecule has 0 aliphatic carbocycles. The summed E-state index contributed by atoms with van der Waals surface area (Å²) in [6.07, 6.45) is 8.57. The maximum Gasteiger partial charge on any atom is 0.0580 e. The monoisotopic (exact) mass is 241 g/mol. The quantitative estimate of drug-likeness (QED) is 0.699. The molecule has 2 heteroatoms. The van der Waals surface area contributed by atoms with Gasteiger partial charge in [0.2, 0.25) is 0 Å². The maximum absolute atomic E-state index is 5.89. The molecule has 0 radical (unpaired) electrons. The van der Waals surface area contributed by atoms with Crippen molar-refractivity contribution >= 4 is 0 Å². The number of ether oxygens (including phenoxy) is 1. The van der Waals surface area contributed by atoms with Gasteiger partial charge in [-0.05, 0) is 57.9 Å². The minimum Gasteiger partial charge on any atom is -0.375 e. The lowest BCUT2D eigenvalue weighted by molar-refractivity contribution is 0.0477. The van der Waals surface area contributed by atoms with Gasteiger partial charge >= 0.3 is 0 Å². The molecule has 1 fully saturated rings. The second kappa shape index (κ2) is 8.10. The molecule has 1 N–H and O–H groups in total.